The Bertz CT molecular complexity index is 607. The van der Waals surface area contributed by atoms with Gasteiger partial charge in [0.05, 0.1) is 0 Å². The van der Waals surface area contributed by atoms with Crippen molar-refractivity contribution in [2.24, 2.45) is 46.3 Å². The van der Waals surface area contributed by atoms with Crippen LogP contribution in [0.1, 0.15) is 97.8 Å². The van der Waals surface area contributed by atoms with E-state index in [1.807, 2.05) is 6.08 Å². The van der Waals surface area contributed by atoms with Crippen molar-refractivity contribution in [1.29, 1.82) is 0 Å². The molecule has 0 heterocycles. The van der Waals surface area contributed by atoms with E-state index in [-0.39, 0.29) is 0 Å². The lowest BCUT2D eigenvalue weighted by molar-refractivity contribution is -0.114. The molecule has 4 rings (SSSR count). The van der Waals surface area contributed by atoms with Crippen molar-refractivity contribution in [1.82, 2.24) is 5.32 Å². The fraction of sp³-hybridized carbons (Fsp3) is 0.857. The van der Waals surface area contributed by atoms with E-state index in [1.54, 1.807) is 12.8 Å². The molecule has 0 spiro atoms. The predicted molar refractivity (Wildman–Crippen MR) is 126 cm³/mol. The van der Waals surface area contributed by atoms with Crippen molar-refractivity contribution in [3.8, 4) is 0 Å². The molecule has 0 aromatic heterocycles. The van der Waals surface area contributed by atoms with Crippen LogP contribution >= 0.6 is 0 Å². The third-order valence-electron chi connectivity index (χ3n) is 10.7. The van der Waals surface area contributed by atoms with Crippen LogP contribution in [0.5, 0.6) is 0 Å². The SMILES string of the molecule is C=CCNC(=C)CCC(C)C1CCC2C3CCC4CCCCC4(C)C3CCC12C. The highest BCUT2D eigenvalue weighted by Crippen LogP contribution is 2.68. The molecule has 8 atom stereocenters. The maximum Gasteiger partial charge on any atom is 0.0325 e. The summed E-state index contributed by atoms with van der Waals surface area (Å²) >= 11 is 0. The fourth-order valence-corrected chi connectivity index (χ4v) is 9.18. The van der Waals surface area contributed by atoms with E-state index < -0.39 is 0 Å². The third-order valence-corrected chi connectivity index (χ3v) is 10.7. The van der Waals surface area contributed by atoms with Crippen molar-refractivity contribution in [2.75, 3.05) is 6.54 Å². The largest absolute Gasteiger partial charge is 0.385 e. The number of allylic oxidation sites excluding steroid dienone is 1. The lowest BCUT2D eigenvalue weighted by Gasteiger charge is -2.61. The molecule has 4 aliphatic carbocycles. The minimum Gasteiger partial charge on any atom is -0.385 e. The molecule has 8 unspecified atom stereocenters. The summed E-state index contributed by atoms with van der Waals surface area (Å²) < 4.78 is 0. The van der Waals surface area contributed by atoms with Gasteiger partial charge in [-0.3, -0.25) is 0 Å². The highest BCUT2D eigenvalue weighted by molar-refractivity contribution is 5.09. The second-order valence-corrected chi connectivity index (χ2v) is 11.9. The van der Waals surface area contributed by atoms with Gasteiger partial charge in [0.25, 0.3) is 0 Å². The first-order valence-corrected chi connectivity index (χ1v) is 12.9. The summed E-state index contributed by atoms with van der Waals surface area (Å²) in [6, 6.07) is 0. The van der Waals surface area contributed by atoms with E-state index in [0.717, 1.165) is 48.5 Å². The molecule has 164 valence electrons. The molecule has 1 N–H and O–H groups in total. The van der Waals surface area contributed by atoms with E-state index >= 15 is 0 Å². The van der Waals surface area contributed by atoms with Crippen LogP contribution < -0.4 is 5.32 Å². The van der Waals surface area contributed by atoms with Gasteiger partial charge >= 0.3 is 0 Å². The van der Waals surface area contributed by atoms with Crippen molar-refractivity contribution in [3.63, 3.8) is 0 Å². The average molecular weight is 398 g/mol. The van der Waals surface area contributed by atoms with Gasteiger partial charge in [0, 0.05) is 12.2 Å². The van der Waals surface area contributed by atoms with Crippen LogP contribution in [-0.2, 0) is 0 Å². The number of nitrogens with one attached hydrogen (secondary N) is 1. The summed E-state index contributed by atoms with van der Waals surface area (Å²) in [5.41, 5.74) is 2.48. The fourth-order valence-electron chi connectivity index (χ4n) is 9.18. The predicted octanol–water partition coefficient (Wildman–Crippen LogP) is 7.74. The Labute approximate surface area is 181 Å². The van der Waals surface area contributed by atoms with Crippen molar-refractivity contribution < 1.29 is 0 Å². The van der Waals surface area contributed by atoms with Gasteiger partial charge in [-0.15, -0.1) is 6.58 Å². The zero-order valence-corrected chi connectivity index (χ0v) is 19.6. The van der Waals surface area contributed by atoms with Gasteiger partial charge < -0.3 is 5.32 Å². The van der Waals surface area contributed by atoms with Crippen LogP contribution in [0, 0.1) is 46.3 Å². The first-order chi connectivity index (χ1) is 13.9. The van der Waals surface area contributed by atoms with Crippen molar-refractivity contribution in [3.05, 3.63) is 24.9 Å². The maximum absolute atomic E-state index is 4.23. The highest BCUT2D eigenvalue weighted by Gasteiger charge is 2.59. The maximum atomic E-state index is 4.23. The van der Waals surface area contributed by atoms with Gasteiger partial charge in [0.1, 0.15) is 0 Å². The van der Waals surface area contributed by atoms with Crippen LogP contribution in [0.15, 0.2) is 24.9 Å². The Kier molecular flexibility index (Phi) is 6.25. The van der Waals surface area contributed by atoms with E-state index in [1.165, 1.54) is 63.5 Å². The molecule has 0 aromatic rings. The van der Waals surface area contributed by atoms with Crippen molar-refractivity contribution in [2.45, 2.75) is 97.8 Å². The number of fused-ring (bicyclic) bond motifs is 5. The Balaban J connectivity index is 1.42. The third kappa shape index (κ3) is 3.74. The summed E-state index contributed by atoms with van der Waals surface area (Å²) in [6.45, 7) is 16.9. The lowest BCUT2D eigenvalue weighted by atomic mass is 9.44. The zero-order chi connectivity index (χ0) is 20.6. The number of hydrogen-bond acceptors (Lipinski definition) is 1. The zero-order valence-electron chi connectivity index (χ0n) is 19.6. The Morgan fingerprint density at radius 2 is 1.79 bits per heavy atom. The van der Waals surface area contributed by atoms with Crippen LogP contribution in [0.3, 0.4) is 0 Å². The average Bonchev–Trinajstić information content (AvgIpc) is 3.07. The molecule has 0 aliphatic heterocycles. The molecule has 0 amide bonds. The monoisotopic (exact) mass is 397 g/mol. The standard InChI is InChI=1S/C28H47N/c1-6-19-29-21(3)11-10-20(2)24-14-15-25-23-13-12-22-9-7-8-17-27(22,4)26(23)16-18-28(24,25)5/h6,20,22-26,29H,1,3,7-19H2,2,4-5H3. The molecule has 0 saturated heterocycles. The number of rotatable bonds is 7. The minimum atomic E-state index is 0.605. The highest BCUT2D eigenvalue weighted by atomic mass is 14.9. The van der Waals surface area contributed by atoms with Gasteiger partial charge in [0.15, 0.2) is 0 Å². The molecule has 4 saturated carbocycles. The molecule has 1 heteroatoms. The number of hydrogen-bond donors (Lipinski definition) is 1. The molecule has 0 bridgehead atoms. The van der Waals surface area contributed by atoms with Gasteiger partial charge in [0.2, 0.25) is 0 Å². The van der Waals surface area contributed by atoms with Crippen LogP contribution in [0.25, 0.3) is 0 Å². The van der Waals surface area contributed by atoms with E-state index in [9.17, 15) is 0 Å². The molecule has 0 radical (unpaired) electrons. The molecule has 29 heavy (non-hydrogen) atoms. The molecular formula is C28H47N. The summed E-state index contributed by atoms with van der Waals surface area (Å²) in [5, 5.41) is 3.40. The molecule has 1 nitrogen and oxygen atoms in total. The quantitative estimate of drug-likeness (QED) is 0.433. The Morgan fingerprint density at radius 3 is 2.59 bits per heavy atom. The second kappa shape index (κ2) is 8.43. The minimum absolute atomic E-state index is 0.605. The summed E-state index contributed by atoms with van der Waals surface area (Å²) in [4.78, 5) is 0. The van der Waals surface area contributed by atoms with Crippen LogP contribution in [0.4, 0.5) is 0 Å². The van der Waals surface area contributed by atoms with Gasteiger partial charge in [-0.2, -0.15) is 0 Å². The van der Waals surface area contributed by atoms with Gasteiger partial charge in [-0.1, -0.05) is 46.3 Å². The van der Waals surface area contributed by atoms with E-state index in [4.69, 9.17) is 0 Å². The summed E-state index contributed by atoms with van der Waals surface area (Å²) in [7, 11) is 0. The first-order valence-electron chi connectivity index (χ1n) is 12.9. The molecule has 4 fully saturated rings. The second-order valence-electron chi connectivity index (χ2n) is 11.9. The Morgan fingerprint density at radius 1 is 1.00 bits per heavy atom. The van der Waals surface area contributed by atoms with E-state index in [2.05, 4.69) is 39.2 Å². The van der Waals surface area contributed by atoms with Gasteiger partial charge in [-0.05, 0) is 111 Å². The lowest BCUT2D eigenvalue weighted by Crippen LogP contribution is -2.53. The molecule has 4 aliphatic rings. The molecule has 0 aromatic carbocycles. The van der Waals surface area contributed by atoms with E-state index in [0.29, 0.717) is 10.8 Å². The van der Waals surface area contributed by atoms with Crippen LogP contribution in [-0.4, -0.2) is 6.54 Å². The summed E-state index contributed by atoms with van der Waals surface area (Å²) in [6.07, 6.45) is 19.5. The molecular weight excluding hydrogens is 350 g/mol. The Hall–Kier alpha value is -0.720. The topological polar surface area (TPSA) is 12.0 Å². The smallest absolute Gasteiger partial charge is 0.0325 e. The van der Waals surface area contributed by atoms with Crippen LogP contribution in [0.2, 0.25) is 0 Å². The first kappa shape index (κ1) is 21.5. The van der Waals surface area contributed by atoms with Gasteiger partial charge in [-0.25, -0.2) is 0 Å². The summed E-state index contributed by atoms with van der Waals surface area (Å²) in [5.74, 6) is 5.89. The van der Waals surface area contributed by atoms with Crippen molar-refractivity contribution >= 4 is 0 Å². The normalized spacial score (nSPS) is 44.9.